The fourth-order valence-electron chi connectivity index (χ4n) is 3.19. The summed E-state index contributed by atoms with van der Waals surface area (Å²) in [4.78, 5) is 15.5. The molecule has 0 radical (unpaired) electrons. The third-order valence-electron chi connectivity index (χ3n) is 4.32. The second kappa shape index (κ2) is 8.00. The molecular weight excluding hydrogens is 448 g/mol. The summed E-state index contributed by atoms with van der Waals surface area (Å²) >= 11 is 3.38. The monoisotopic (exact) mass is 468 g/mol. The number of methoxy groups -OCH3 is 1. The zero-order valence-corrected chi connectivity index (χ0v) is 18.1. The lowest BCUT2D eigenvalue weighted by Crippen LogP contribution is -2.28. The summed E-state index contributed by atoms with van der Waals surface area (Å²) in [7, 11) is -1.85. The maximum absolute atomic E-state index is 12.7. The molecule has 0 spiro atoms. The predicted octanol–water partition coefficient (Wildman–Crippen LogP) is 3.13. The molecule has 1 N–H and O–H groups in total. The third-order valence-corrected chi connectivity index (χ3v) is 5.74. The molecule has 28 heavy (non-hydrogen) atoms. The molecule has 7 nitrogen and oxygen atoms in total. The first-order valence-electron chi connectivity index (χ1n) is 8.61. The number of aromatic nitrogens is 2. The normalized spacial score (nSPS) is 12.9. The van der Waals surface area contributed by atoms with Crippen LogP contribution < -0.4 is 15.2 Å². The van der Waals surface area contributed by atoms with Crippen molar-refractivity contribution in [1.29, 1.82) is 0 Å². The maximum Gasteiger partial charge on any atom is 0.327 e. The van der Waals surface area contributed by atoms with Gasteiger partial charge in [-0.2, -0.15) is 0 Å². The SMILES string of the molecule is CCOc1cc(C(CS(C)(=O)=O)n2c(=O)[nH]c3cc(Br)ccc32)ccc1OC. The molecule has 0 aliphatic carbocycles. The Bertz CT molecular complexity index is 1170. The van der Waals surface area contributed by atoms with E-state index < -0.39 is 15.9 Å². The van der Waals surface area contributed by atoms with Gasteiger partial charge in [0, 0.05) is 10.7 Å². The van der Waals surface area contributed by atoms with E-state index in [1.807, 2.05) is 13.0 Å². The average Bonchev–Trinajstić information content (AvgIpc) is 2.94. The third kappa shape index (κ3) is 4.25. The Balaban J connectivity index is 2.23. The van der Waals surface area contributed by atoms with Crippen LogP contribution in [-0.4, -0.2) is 43.7 Å². The molecule has 3 aromatic rings. The van der Waals surface area contributed by atoms with Gasteiger partial charge in [-0.1, -0.05) is 22.0 Å². The van der Waals surface area contributed by atoms with Crippen LogP contribution in [0.15, 0.2) is 45.7 Å². The first-order chi connectivity index (χ1) is 13.2. The smallest absolute Gasteiger partial charge is 0.327 e. The first-order valence-corrected chi connectivity index (χ1v) is 11.5. The Morgan fingerprint density at radius 2 is 1.93 bits per heavy atom. The molecule has 150 valence electrons. The number of nitrogens with zero attached hydrogens (tertiary/aromatic N) is 1. The van der Waals surface area contributed by atoms with Crippen molar-refractivity contribution in [3.05, 3.63) is 56.9 Å². The Hall–Kier alpha value is -2.26. The molecule has 9 heteroatoms. The van der Waals surface area contributed by atoms with Crippen molar-refractivity contribution in [1.82, 2.24) is 9.55 Å². The summed E-state index contributed by atoms with van der Waals surface area (Å²) in [6.45, 7) is 2.28. The highest BCUT2D eigenvalue weighted by molar-refractivity contribution is 9.10. The Kier molecular flexibility index (Phi) is 5.85. The Morgan fingerprint density at radius 3 is 2.57 bits per heavy atom. The van der Waals surface area contributed by atoms with Gasteiger partial charge in [0.15, 0.2) is 11.5 Å². The highest BCUT2D eigenvalue weighted by Crippen LogP contribution is 2.33. The van der Waals surface area contributed by atoms with Gasteiger partial charge in [0.2, 0.25) is 0 Å². The molecule has 1 aromatic heterocycles. The summed E-state index contributed by atoms with van der Waals surface area (Å²) in [5.41, 5.74) is 1.50. The van der Waals surface area contributed by atoms with Crippen LogP contribution in [0.1, 0.15) is 18.5 Å². The number of halogens is 1. The van der Waals surface area contributed by atoms with Crippen molar-refractivity contribution in [3.63, 3.8) is 0 Å². The molecule has 0 aliphatic heterocycles. The molecular formula is C19H21BrN2O5S. The number of ether oxygens (including phenoxy) is 2. The number of H-pyrrole nitrogens is 1. The molecule has 2 aromatic carbocycles. The number of aromatic amines is 1. The van der Waals surface area contributed by atoms with Gasteiger partial charge in [-0.05, 0) is 42.8 Å². The van der Waals surface area contributed by atoms with Gasteiger partial charge in [0.1, 0.15) is 9.84 Å². The van der Waals surface area contributed by atoms with Crippen molar-refractivity contribution in [2.45, 2.75) is 13.0 Å². The van der Waals surface area contributed by atoms with Crippen molar-refractivity contribution in [3.8, 4) is 11.5 Å². The van der Waals surface area contributed by atoms with E-state index in [9.17, 15) is 13.2 Å². The predicted molar refractivity (Wildman–Crippen MR) is 112 cm³/mol. The minimum atomic E-state index is -3.39. The van der Waals surface area contributed by atoms with E-state index in [0.29, 0.717) is 34.7 Å². The topological polar surface area (TPSA) is 90.4 Å². The standard InChI is InChI=1S/C19H21BrN2O5S/c1-4-27-18-9-12(5-8-17(18)26-2)16(11-28(3,24)25)22-15-7-6-13(20)10-14(15)21-19(22)23/h5-10,16H,4,11H2,1-3H3,(H,21,23). The zero-order chi connectivity index (χ0) is 20.5. The zero-order valence-electron chi connectivity index (χ0n) is 15.7. The molecule has 0 amide bonds. The number of nitrogens with one attached hydrogen (secondary N) is 1. The van der Waals surface area contributed by atoms with Gasteiger partial charge >= 0.3 is 5.69 Å². The summed E-state index contributed by atoms with van der Waals surface area (Å²) in [5.74, 6) is 0.809. The summed E-state index contributed by atoms with van der Waals surface area (Å²) in [6.07, 6.45) is 1.16. The lowest BCUT2D eigenvalue weighted by atomic mass is 10.1. The van der Waals surface area contributed by atoms with Crippen LogP contribution in [-0.2, 0) is 9.84 Å². The van der Waals surface area contributed by atoms with Crippen LogP contribution in [0.4, 0.5) is 0 Å². The second-order valence-corrected chi connectivity index (χ2v) is 9.51. The lowest BCUT2D eigenvalue weighted by molar-refractivity contribution is 0.310. The number of hydrogen-bond donors (Lipinski definition) is 1. The quantitative estimate of drug-likeness (QED) is 0.574. The van der Waals surface area contributed by atoms with Crippen LogP contribution in [0.2, 0.25) is 0 Å². The largest absolute Gasteiger partial charge is 0.493 e. The van der Waals surface area contributed by atoms with Crippen LogP contribution in [0, 0.1) is 0 Å². The molecule has 1 unspecified atom stereocenters. The number of imidazole rings is 1. The van der Waals surface area contributed by atoms with E-state index in [-0.39, 0.29) is 11.4 Å². The van der Waals surface area contributed by atoms with Crippen LogP contribution in [0.25, 0.3) is 11.0 Å². The van der Waals surface area contributed by atoms with E-state index in [2.05, 4.69) is 20.9 Å². The van der Waals surface area contributed by atoms with E-state index in [1.165, 1.54) is 11.7 Å². The van der Waals surface area contributed by atoms with Gasteiger partial charge in [-0.3, -0.25) is 4.57 Å². The fourth-order valence-corrected chi connectivity index (χ4v) is 4.46. The summed E-state index contributed by atoms with van der Waals surface area (Å²) in [5, 5.41) is 0. The molecule has 1 heterocycles. The van der Waals surface area contributed by atoms with E-state index in [1.54, 1.807) is 30.3 Å². The van der Waals surface area contributed by atoms with Crippen LogP contribution in [0.3, 0.4) is 0 Å². The van der Waals surface area contributed by atoms with Gasteiger partial charge in [0.05, 0.1) is 36.5 Å². The minimum absolute atomic E-state index is 0.228. The van der Waals surface area contributed by atoms with Gasteiger partial charge in [0.25, 0.3) is 0 Å². The van der Waals surface area contributed by atoms with Crippen molar-refractivity contribution in [2.75, 3.05) is 25.7 Å². The Labute approximate surface area is 171 Å². The number of hydrogen-bond acceptors (Lipinski definition) is 5. The van der Waals surface area contributed by atoms with Crippen molar-refractivity contribution in [2.24, 2.45) is 0 Å². The molecule has 0 saturated carbocycles. The highest BCUT2D eigenvalue weighted by atomic mass is 79.9. The fraction of sp³-hybridized carbons (Fsp3) is 0.316. The molecule has 0 saturated heterocycles. The van der Waals surface area contributed by atoms with Crippen LogP contribution in [0.5, 0.6) is 11.5 Å². The number of sulfone groups is 1. The number of fused-ring (bicyclic) bond motifs is 1. The van der Waals surface area contributed by atoms with E-state index in [4.69, 9.17) is 9.47 Å². The molecule has 0 aliphatic rings. The second-order valence-electron chi connectivity index (χ2n) is 6.41. The summed E-state index contributed by atoms with van der Waals surface area (Å²) < 4.78 is 37.5. The molecule has 0 bridgehead atoms. The van der Waals surface area contributed by atoms with Gasteiger partial charge < -0.3 is 14.5 Å². The highest BCUT2D eigenvalue weighted by Gasteiger charge is 2.25. The lowest BCUT2D eigenvalue weighted by Gasteiger charge is -2.20. The minimum Gasteiger partial charge on any atom is -0.493 e. The maximum atomic E-state index is 12.7. The average molecular weight is 469 g/mol. The summed E-state index contributed by atoms with van der Waals surface area (Å²) in [6, 6.07) is 9.84. The van der Waals surface area contributed by atoms with Crippen molar-refractivity contribution < 1.29 is 17.9 Å². The van der Waals surface area contributed by atoms with Crippen LogP contribution >= 0.6 is 15.9 Å². The molecule has 0 fully saturated rings. The van der Waals surface area contributed by atoms with Crippen molar-refractivity contribution >= 4 is 36.8 Å². The van der Waals surface area contributed by atoms with E-state index in [0.717, 1.165) is 10.7 Å². The molecule has 1 atom stereocenters. The van der Waals surface area contributed by atoms with E-state index >= 15 is 0 Å². The van der Waals surface area contributed by atoms with Gasteiger partial charge in [-0.15, -0.1) is 0 Å². The number of benzene rings is 2. The van der Waals surface area contributed by atoms with Gasteiger partial charge in [-0.25, -0.2) is 13.2 Å². The first kappa shape index (κ1) is 20.5. The molecule has 3 rings (SSSR count). The number of rotatable bonds is 7. The Morgan fingerprint density at radius 1 is 1.18 bits per heavy atom.